The highest BCUT2D eigenvalue weighted by Gasteiger charge is 2.36. The van der Waals surface area contributed by atoms with Crippen molar-refractivity contribution in [3.63, 3.8) is 0 Å². The van der Waals surface area contributed by atoms with Crippen LogP contribution < -0.4 is 0 Å². The van der Waals surface area contributed by atoms with Gasteiger partial charge < -0.3 is 15.3 Å². The molecule has 3 rings (SSSR count). The normalized spacial score (nSPS) is 16.8. The fourth-order valence-corrected chi connectivity index (χ4v) is 3.49. The number of carbonyl (C=O) groups is 1. The molecule has 0 bridgehead atoms. The van der Waals surface area contributed by atoms with Crippen molar-refractivity contribution < 1.29 is 20.1 Å². The van der Waals surface area contributed by atoms with Crippen LogP contribution in [0.3, 0.4) is 0 Å². The maximum Gasteiger partial charge on any atom is 0.186 e. The zero-order chi connectivity index (χ0) is 19.1. The van der Waals surface area contributed by atoms with Crippen LogP contribution in [0.4, 0.5) is 0 Å². The summed E-state index contributed by atoms with van der Waals surface area (Å²) in [6, 6.07) is 8.45. The van der Waals surface area contributed by atoms with Crippen LogP contribution in [0, 0.1) is 12.8 Å². The van der Waals surface area contributed by atoms with Crippen molar-refractivity contribution in [1.29, 1.82) is 0 Å². The number of allylic oxidation sites excluding steroid dienone is 1. The SMILES string of the molecule is Cc1ccc(/C=C/C(=O)c2ccc(O)c3c2CC(C(C)(C)O)C3)c(O)c1. The Hall–Kier alpha value is -2.59. The fourth-order valence-electron chi connectivity index (χ4n) is 3.49. The Bertz CT molecular complexity index is 888. The molecule has 0 aliphatic heterocycles. The number of rotatable bonds is 4. The third-order valence-corrected chi connectivity index (χ3v) is 5.17. The van der Waals surface area contributed by atoms with Gasteiger partial charge in [-0.15, -0.1) is 0 Å². The number of phenols is 2. The van der Waals surface area contributed by atoms with Crippen LogP contribution in [0.2, 0.25) is 0 Å². The molecule has 1 aliphatic rings. The van der Waals surface area contributed by atoms with Gasteiger partial charge in [-0.3, -0.25) is 4.79 Å². The molecule has 26 heavy (non-hydrogen) atoms. The van der Waals surface area contributed by atoms with Gasteiger partial charge >= 0.3 is 0 Å². The molecule has 0 fully saturated rings. The first-order valence-electron chi connectivity index (χ1n) is 8.75. The number of carbonyl (C=O) groups excluding carboxylic acids is 1. The fraction of sp³-hybridized carbons (Fsp3) is 0.318. The summed E-state index contributed by atoms with van der Waals surface area (Å²) < 4.78 is 0. The zero-order valence-corrected chi connectivity index (χ0v) is 15.3. The van der Waals surface area contributed by atoms with E-state index in [0.29, 0.717) is 24.0 Å². The minimum absolute atomic E-state index is 0.0394. The summed E-state index contributed by atoms with van der Waals surface area (Å²) in [7, 11) is 0. The third kappa shape index (κ3) is 3.51. The summed E-state index contributed by atoms with van der Waals surface area (Å²) in [6.45, 7) is 5.39. The summed E-state index contributed by atoms with van der Waals surface area (Å²) >= 11 is 0. The van der Waals surface area contributed by atoms with Gasteiger partial charge in [0.15, 0.2) is 5.78 Å². The van der Waals surface area contributed by atoms with E-state index in [1.807, 2.05) is 13.0 Å². The van der Waals surface area contributed by atoms with E-state index in [4.69, 9.17) is 0 Å². The molecule has 4 heteroatoms. The number of aliphatic hydroxyl groups is 1. The van der Waals surface area contributed by atoms with Crippen molar-refractivity contribution in [3.05, 3.63) is 64.2 Å². The smallest absolute Gasteiger partial charge is 0.186 e. The van der Waals surface area contributed by atoms with Crippen molar-refractivity contribution >= 4 is 11.9 Å². The number of aromatic hydroxyl groups is 2. The Balaban J connectivity index is 1.90. The van der Waals surface area contributed by atoms with Gasteiger partial charge in [0.1, 0.15) is 11.5 Å². The van der Waals surface area contributed by atoms with Crippen LogP contribution in [0.5, 0.6) is 11.5 Å². The Morgan fingerprint density at radius 2 is 1.77 bits per heavy atom. The first-order valence-corrected chi connectivity index (χ1v) is 8.75. The molecule has 136 valence electrons. The number of aryl methyl sites for hydroxylation is 1. The molecule has 4 nitrogen and oxygen atoms in total. The maximum absolute atomic E-state index is 12.7. The van der Waals surface area contributed by atoms with Gasteiger partial charge in [0.2, 0.25) is 0 Å². The standard InChI is InChI=1S/C22H24O4/c1-13-4-5-14(21(25)10-13)6-8-19(23)16-7-9-20(24)18-12-15(11-17(16)18)22(2,3)26/h4-10,15,24-26H,11-12H2,1-3H3/b8-6+. The van der Waals surface area contributed by atoms with Crippen LogP contribution >= 0.6 is 0 Å². The highest BCUT2D eigenvalue weighted by Crippen LogP contribution is 2.40. The summed E-state index contributed by atoms with van der Waals surface area (Å²) in [4.78, 5) is 12.7. The van der Waals surface area contributed by atoms with Crippen LogP contribution in [0.15, 0.2) is 36.4 Å². The van der Waals surface area contributed by atoms with Crippen molar-refractivity contribution in [2.24, 2.45) is 5.92 Å². The highest BCUT2D eigenvalue weighted by atomic mass is 16.3. The van der Waals surface area contributed by atoms with E-state index < -0.39 is 5.60 Å². The zero-order valence-electron chi connectivity index (χ0n) is 15.3. The minimum Gasteiger partial charge on any atom is -0.508 e. The van der Waals surface area contributed by atoms with Crippen molar-refractivity contribution in [2.45, 2.75) is 39.2 Å². The lowest BCUT2D eigenvalue weighted by molar-refractivity contribution is 0.0213. The summed E-state index contributed by atoms with van der Waals surface area (Å²) in [5.41, 5.74) is 2.73. The maximum atomic E-state index is 12.7. The molecule has 2 aromatic rings. The van der Waals surface area contributed by atoms with Crippen molar-refractivity contribution in [1.82, 2.24) is 0 Å². The summed E-state index contributed by atoms with van der Waals surface area (Å²) in [6.07, 6.45) is 4.14. The first kappa shape index (κ1) is 18.2. The Morgan fingerprint density at radius 1 is 1.08 bits per heavy atom. The minimum atomic E-state index is -0.880. The Labute approximate surface area is 153 Å². The molecule has 0 radical (unpaired) electrons. The molecule has 1 unspecified atom stereocenters. The van der Waals surface area contributed by atoms with E-state index in [0.717, 1.165) is 16.7 Å². The number of ketones is 1. The van der Waals surface area contributed by atoms with Crippen LogP contribution in [0.1, 0.15) is 46.5 Å². The van der Waals surface area contributed by atoms with E-state index >= 15 is 0 Å². The van der Waals surface area contributed by atoms with E-state index in [-0.39, 0.29) is 23.2 Å². The van der Waals surface area contributed by atoms with Crippen molar-refractivity contribution in [3.8, 4) is 11.5 Å². The van der Waals surface area contributed by atoms with Gasteiger partial charge in [0.25, 0.3) is 0 Å². The lowest BCUT2D eigenvalue weighted by Crippen LogP contribution is -2.31. The molecule has 2 aromatic carbocycles. The number of phenolic OH excluding ortho intramolecular Hbond substituents is 2. The Morgan fingerprint density at radius 3 is 2.42 bits per heavy atom. The van der Waals surface area contributed by atoms with E-state index in [1.165, 1.54) is 12.1 Å². The van der Waals surface area contributed by atoms with Gasteiger partial charge in [-0.1, -0.05) is 12.1 Å². The predicted octanol–water partition coefficient (Wildman–Crippen LogP) is 3.79. The Kier molecular flexibility index (Phi) is 4.63. The average molecular weight is 352 g/mol. The average Bonchev–Trinajstić information content (AvgIpc) is 3.00. The molecular weight excluding hydrogens is 328 g/mol. The molecular formula is C22H24O4. The molecule has 0 heterocycles. The summed E-state index contributed by atoms with van der Waals surface area (Å²) in [5.74, 6) is 0.0793. The third-order valence-electron chi connectivity index (χ3n) is 5.17. The van der Waals surface area contributed by atoms with Crippen LogP contribution in [-0.2, 0) is 12.8 Å². The number of hydrogen-bond acceptors (Lipinski definition) is 4. The summed E-state index contributed by atoms with van der Waals surface area (Å²) in [5, 5.41) is 30.4. The number of hydrogen-bond donors (Lipinski definition) is 3. The lowest BCUT2D eigenvalue weighted by Gasteiger charge is -2.24. The number of benzene rings is 2. The monoisotopic (exact) mass is 352 g/mol. The highest BCUT2D eigenvalue weighted by molar-refractivity contribution is 6.08. The second-order valence-corrected chi connectivity index (χ2v) is 7.61. The van der Waals surface area contributed by atoms with E-state index in [1.54, 1.807) is 38.1 Å². The molecule has 0 aromatic heterocycles. The van der Waals surface area contributed by atoms with Gasteiger partial charge in [0, 0.05) is 11.1 Å². The molecule has 1 aliphatic carbocycles. The predicted molar refractivity (Wildman–Crippen MR) is 102 cm³/mol. The van der Waals surface area contributed by atoms with Gasteiger partial charge in [-0.25, -0.2) is 0 Å². The lowest BCUT2D eigenvalue weighted by atomic mass is 9.88. The van der Waals surface area contributed by atoms with Crippen molar-refractivity contribution in [2.75, 3.05) is 0 Å². The van der Waals surface area contributed by atoms with Crippen LogP contribution in [0.25, 0.3) is 6.08 Å². The largest absolute Gasteiger partial charge is 0.508 e. The molecule has 0 saturated carbocycles. The van der Waals surface area contributed by atoms with Gasteiger partial charge in [-0.05, 0) is 86.6 Å². The molecule has 0 amide bonds. The van der Waals surface area contributed by atoms with Gasteiger partial charge in [-0.2, -0.15) is 0 Å². The second kappa shape index (κ2) is 6.61. The quantitative estimate of drug-likeness (QED) is 0.578. The second-order valence-electron chi connectivity index (χ2n) is 7.61. The molecule has 0 spiro atoms. The molecule has 3 N–H and O–H groups in total. The number of fused-ring (bicyclic) bond motifs is 1. The molecule has 0 saturated heterocycles. The topological polar surface area (TPSA) is 77.8 Å². The van der Waals surface area contributed by atoms with E-state index in [2.05, 4.69) is 0 Å². The molecule has 1 atom stereocenters. The van der Waals surface area contributed by atoms with Gasteiger partial charge in [0.05, 0.1) is 5.60 Å². The first-order chi connectivity index (χ1) is 12.2. The van der Waals surface area contributed by atoms with E-state index in [9.17, 15) is 20.1 Å². The van der Waals surface area contributed by atoms with Crippen LogP contribution in [-0.4, -0.2) is 26.7 Å².